The van der Waals surface area contributed by atoms with Gasteiger partial charge in [-0.15, -0.1) is 0 Å². The van der Waals surface area contributed by atoms with Gasteiger partial charge in [0.2, 0.25) is 5.89 Å². The summed E-state index contributed by atoms with van der Waals surface area (Å²) in [5.74, 6) is 2.17. The summed E-state index contributed by atoms with van der Waals surface area (Å²) in [6.07, 6.45) is 6.06. The maximum absolute atomic E-state index is 8.88. The fourth-order valence-corrected chi connectivity index (χ4v) is 2.72. The third-order valence-electron chi connectivity index (χ3n) is 3.77. The summed E-state index contributed by atoms with van der Waals surface area (Å²) in [4.78, 5) is 11.0. The van der Waals surface area contributed by atoms with Crippen molar-refractivity contribution in [3.05, 3.63) is 35.6 Å². The zero-order valence-electron chi connectivity index (χ0n) is 12.0. The number of hydrogen-bond donors (Lipinski definition) is 0. The molecule has 0 aliphatic carbocycles. The van der Waals surface area contributed by atoms with Crippen LogP contribution in [0.15, 0.2) is 22.9 Å². The molecule has 1 aliphatic heterocycles. The van der Waals surface area contributed by atoms with Crippen molar-refractivity contribution in [3.63, 3.8) is 0 Å². The van der Waals surface area contributed by atoms with Crippen molar-refractivity contribution in [2.45, 2.75) is 38.6 Å². The molecule has 21 heavy (non-hydrogen) atoms. The van der Waals surface area contributed by atoms with Crippen molar-refractivity contribution in [1.29, 1.82) is 5.26 Å². The second kappa shape index (κ2) is 5.92. The third-order valence-corrected chi connectivity index (χ3v) is 3.77. The highest BCUT2D eigenvalue weighted by Gasteiger charge is 2.27. The van der Waals surface area contributed by atoms with Crippen LogP contribution in [0, 0.1) is 18.3 Å². The van der Waals surface area contributed by atoms with E-state index in [-0.39, 0.29) is 6.04 Å². The standard InChI is InChI=1S/C15H17N5O/c1-11-18-15(19-21-11)13-5-3-2-4-8-20(13)14-7-6-12(9-16)10-17-14/h6-7,10,13H,2-5,8H2,1H3/t13-/m1/s1. The second-order valence-electron chi connectivity index (χ2n) is 5.25. The minimum atomic E-state index is 0.0883. The molecule has 0 aromatic carbocycles. The maximum atomic E-state index is 8.88. The van der Waals surface area contributed by atoms with Gasteiger partial charge in [0.25, 0.3) is 0 Å². The number of nitrogens with zero attached hydrogens (tertiary/aromatic N) is 5. The van der Waals surface area contributed by atoms with Crippen molar-refractivity contribution in [2.75, 3.05) is 11.4 Å². The lowest BCUT2D eigenvalue weighted by Crippen LogP contribution is -2.29. The number of anilines is 1. The average Bonchev–Trinajstić information content (AvgIpc) is 2.80. The molecule has 0 unspecified atom stereocenters. The number of nitriles is 1. The summed E-state index contributed by atoms with van der Waals surface area (Å²) < 4.78 is 5.13. The topological polar surface area (TPSA) is 78.8 Å². The Balaban J connectivity index is 1.92. The van der Waals surface area contributed by atoms with Gasteiger partial charge in [-0.2, -0.15) is 10.2 Å². The first-order chi connectivity index (χ1) is 10.3. The van der Waals surface area contributed by atoms with Crippen LogP contribution in [0.5, 0.6) is 0 Å². The predicted molar refractivity (Wildman–Crippen MR) is 76.5 cm³/mol. The first-order valence-electron chi connectivity index (χ1n) is 7.21. The number of rotatable bonds is 2. The molecule has 1 atom stereocenters. The Kier molecular flexibility index (Phi) is 3.82. The van der Waals surface area contributed by atoms with Crippen LogP contribution in [0.2, 0.25) is 0 Å². The summed E-state index contributed by atoms with van der Waals surface area (Å²) >= 11 is 0. The largest absolute Gasteiger partial charge is 0.346 e. The lowest BCUT2D eigenvalue weighted by Gasteiger charge is -2.28. The molecule has 0 N–H and O–H groups in total. The van der Waals surface area contributed by atoms with Gasteiger partial charge in [0.15, 0.2) is 5.82 Å². The van der Waals surface area contributed by atoms with Gasteiger partial charge in [0.1, 0.15) is 11.9 Å². The monoisotopic (exact) mass is 283 g/mol. The van der Waals surface area contributed by atoms with E-state index in [0.717, 1.165) is 37.4 Å². The number of aromatic nitrogens is 3. The summed E-state index contributed by atoms with van der Waals surface area (Å²) in [7, 11) is 0. The normalized spacial score (nSPS) is 19.0. The number of pyridine rings is 1. The van der Waals surface area contributed by atoms with E-state index >= 15 is 0 Å². The summed E-state index contributed by atoms with van der Waals surface area (Å²) in [6.45, 7) is 2.72. The molecule has 2 aromatic rings. The molecule has 0 amide bonds. The number of aryl methyl sites for hydroxylation is 1. The first kappa shape index (κ1) is 13.6. The molecule has 1 aliphatic rings. The van der Waals surface area contributed by atoms with Crippen molar-refractivity contribution in [2.24, 2.45) is 0 Å². The molecule has 0 radical (unpaired) electrons. The second-order valence-corrected chi connectivity index (χ2v) is 5.25. The fraction of sp³-hybridized carbons (Fsp3) is 0.467. The van der Waals surface area contributed by atoms with E-state index in [4.69, 9.17) is 9.78 Å². The Hall–Kier alpha value is -2.42. The van der Waals surface area contributed by atoms with Crippen LogP contribution >= 0.6 is 0 Å². The highest BCUT2D eigenvalue weighted by molar-refractivity contribution is 5.43. The van der Waals surface area contributed by atoms with Crippen molar-refractivity contribution in [3.8, 4) is 6.07 Å². The quantitative estimate of drug-likeness (QED) is 0.843. The van der Waals surface area contributed by atoms with E-state index in [1.807, 2.05) is 6.07 Å². The minimum Gasteiger partial charge on any atom is -0.346 e. The van der Waals surface area contributed by atoms with Crippen LogP contribution < -0.4 is 4.90 Å². The molecule has 108 valence electrons. The number of hydrogen-bond acceptors (Lipinski definition) is 6. The van der Waals surface area contributed by atoms with Gasteiger partial charge >= 0.3 is 0 Å². The Labute approximate surface area is 123 Å². The van der Waals surface area contributed by atoms with E-state index < -0.39 is 0 Å². The molecule has 0 spiro atoms. The van der Waals surface area contributed by atoms with Gasteiger partial charge in [-0.3, -0.25) is 0 Å². The maximum Gasteiger partial charge on any atom is 0.223 e. The Bertz CT molecular complexity index is 643. The minimum absolute atomic E-state index is 0.0883. The van der Waals surface area contributed by atoms with Crippen LogP contribution in [-0.2, 0) is 0 Å². The van der Waals surface area contributed by atoms with E-state index in [9.17, 15) is 0 Å². The molecule has 0 bridgehead atoms. The van der Waals surface area contributed by atoms with Crippen molar-refractivity contribution in [1.82, 2.24) is 15.1 Å². The fourth-order valence-electron chi connectivity index (χ4n) is 2.72. The molecule has 2 aromatic heterocycles. The summed E-state index contributed by atoms with van der Waals surface area (Å²) in [6, 6.07) is 5.87. The molecular weight excluding hydrogens is 266 g/mol. The smallest absolute Gasteiger partial charge is 0.223 e. The van der Waals surface area contributed by atoms with Gasteiger partial charge in [0.05, 0.1) is 11.6 Å². The lowest BCUT2D eigenvalue weighted by atomic mass is 10.1. The van der Waals surface area contributed by atoms with Crippen molar-refractivity contribution >= 4 is 5.82 Å². The molecule has 1 saturated heterocycles. The van der Waals surface area contributed by atoms with Gasteiger partial charge in [-0.05, 0) is 25.0 Å². The van der Waals surface area contributed by atoms with Crippen LogP contribution in [0.25, 0.3) is 0 Å². The Morgan fingerprint density at radius 1 is 1.33 bits per heavy atom. The lowest BCUT2D eigenvalue weighted by molar-refractivity contribution is 0.380. The molecule has 0 saturated carbocycles. The van der Waals surface area contributed by atoms with Gasteiger partial charge < -0.3 is 9.42 Å². The molecule has 3 rings (SSSR count). The zero-order valence-corrected chi connectivity index (χ0v) is 12.0. The molecule has 6 heteroatoms. The van der Waals surface area contributed by atoms with Crippen LogP contribution in [0.1, 0.15) is 49.0 Å². The summed E-state index contributed by atoms with van der Waals surface area (Å²) in [5.41, 5.74) is 0.570. The first-order valence-corrected chi connectivity index (χ1v) is 7.21. The van der Waals surface area contributed by atoms with E-state index in [1.165, 1.54) is 6.42 Å². The van der Waals surface area contributed by atoms with Crippen LogP contribution in [0.3, 0.4) is 0 Å². The highest BCUT2D eigenvalue weighted by atomic mass is 16.5. The average molecular weight is 283 g/mol. The SMILES string of the molecule is Cc1nc([C@H]2CCCCCN2c2ccc(C#N)cn2)no1. The van der Waals surface area contributed by atoms with E-state index in [2.05, 4.69) is 26.1 Å². The molecule has 3 heterocycles. The van der Waals surface area contributed by atoms with Crippen molar-refractivity contribution < 1.29 is 4.52 Å². The van der Waals surface area contributed by atoms with Gasteiger partial charge in [0, 0.05) is 19.7 Å². The highest BCUT2D eigenvalue weighted by Crippen LogP contribution is 2.31. The molecule has 1 fully saturated rings. The zero-order chi connectivity index (χ0) is 14.7. The Morgan fingerprint density at radius 2 is 2.24 bits per heavy atom. The van der Waals surface area contributed by atoms with E-state index in [1.54, 1.807) is 19.2 Å². The molecule has 6 nitrogen and oxygen atoms in total. The third kappa shape index (κ3) is 2.87. The predicted octanol–water partition coefficient (Wildman–Crippen LogP) is 2.77. The molecular formula is C15H17N5O. The van der Waals surface area contributed by atoms with Gasteiger partial charge in [-0.25, -0.2) is 4.98 Å². The van der Waals surface area contributed by atoms with Crippen LogP contribution in [0.4, 0.5) is 5.82 Å². The van der Waals surface area contributed by atoms with Crippen LogP contribution in [-0.4, -0.2) is 21.7 Å². The Morgan fingerprint density at radius 3 is 2.90 bits per heavy atom. The van der Waals surface area contributed by atoms with Gasteiger partial charge in [-0.1, -0.05) is 18.0 Å². The summed E-state index contributed by atoms with van der Waals surface area (Å²) in [5, 5.41) is 13.0. The van der Waals surface area contributed by atoms with E-state index in [0.29, 0.717) is 11.5 Å².